The lowest BCUT2D eigenvalue weighted by Crippen LogP contribution is -2.33. The average Bonchev–Trinajstić information content (AvgIpc) is 3.39. The van der Waals surface area contributed by atoms with Crippen LogP contribution >= 0.6 is 23.8 Å². The number of carbonyl (C=O) groups is 1. The summed E-state index contributed by atoms with van der Waals surface area (Å²) in [5.41, 5.74) is 3.30. The number of para-hydroxylation sites is 3. The molecule has 0 atom stereocenters. The predicted octanol–water partition coefficient (Wildman–Crippen LogP) is 6.02. The van der Waals surface area contributed by atoms with Gasteiger partial charge in [0.2, 0.25) is 5.89 Å². The molecule has 1 amide bonds. The van der Waals surface area contributed by atoms with Crippen molar-refractivity contribution >= 4 is 62.6 Å². The van der Waals surface area contributed by atoms with Crippen molar-refractivity contribution in [2.24, 2.45) is 0 Å². The summed E-state index contributed by atoms with van der Waals surface area (Å²) >= 11 is 11.6. The number of carbonyl (C=O) groups excluding carboxylic acids is 1. The quantitative estimate of drug-likeness (QED) is 0.329. The van der Waals surface area contributed by atoms with Crippen LogP contribution in [0.1, 0.15) is 10.6 Å². The Labute approximate surface area is 186 Å². The second kappa shape index (κ2) is 7.86. The zero-order chi connectivity index (χ0) is 21.4. The highest BCUT2D eigenvalue weighted by Gasteiger charge is 2.15. The van der Waals surface area contributed by atoms with E-state index in [2.05, 4.69) is 15.6 Å². The molecule has 0 aliphatic carbocycles. The van der Waals surface area contributed by atoms with Crippen molar-refractivity contribution < 1.29 is 13.6 Å². The van der Waals surface area contributed by atoms with Gasteiger partial charge in [-0.25, -0.2) is 4.98 Å². The van der Waals surface area contributed by atoms with Crippen LogP contribution in [0.3, 0.4) is 0 Å². The molecule has 0 aliphatic heterocycles. The van der Waals surface area contributed by atoms with Crippen molar-refractivity contribution in [3.05, 3.63) is 83.6 Å². The molecule has 31 heavy (non-hydrogen) atoms. The Morgan fingerprint density at radius 2 is 1.71 bits per heavy atom. The molecule has 0 radical (unpaired) electrons. The minimum Gasteiger partial charge on any atom is -0.451 e. The van der Waals surface area contributed by atoms with Crippen LogP contribution < -0.4 is 10.6 Å². The first-order chi connectivity index (χ1) is 15.1. The summed E-state index contributed by atoms with van der Waals surface area (Å²) in [5, 5.41) is 6.90. The molecule has 0 bridgehead atoms. The molecule has 0 unspecified atom stereocenters. The van der Waals surface area contributed by atoms with E-state index in [-0.39, 0.29) is 10.9 Å². The third kappa shape index (κ3) is 3.88. The SMILES string of the molecule is O=C(NC(=S)Nc1cc(-c2nc3ccccc3o2)ccc1Cl)c1cc2ccccc2o1. The number of rotatable bonds is 3. The fourth-order valence-corrected chi connectivity index (χ4v) is 3.53. The average molecular weight is 448 g/mol. The minimum absolute atomic E-state index is 0.0853. The Morgan fingerprint density at radius 3 is 2.52 bits per heavy atom. The van der Waals surface area contributed by atoms with Gasteiger partial charge in [-0.3, -0.25) is 10.1 Å². The van der Waals surface area contributed by atoms with Crippen LogP contribution in [0, 0.1) is 0 Å². The van der Waals surface area contributed by atoms with Crippen molar-refractivity contribution in [1.82, 2.24) is 10.3 Å². The van der Waals surface area contributed by atoms with Gasteiger partial charge in [-0.2, -0.15) is 0 Å². The maximum atomic E-state index is 12.5. The number of hydrogen-bond donors (Lipinski definition) is 2. The highest BCUT2D eigenvalue weighted by molar-refractivity contribution is 7.80. The molecule has 5 aromatic rings. The van der Waals surface area contributed by atoms with E-state index in [1.54, 1.807) is 30.3 Å². The summed E-state index contributed by atoms with van der Waals surface area (Å²) in [6, 6.07) is 21.8. The third-order valence-corrected chi connectivity index (χ3v) is 5.17. The summed E-state index contributed by atoms with van der Waals surface area (Å²) in [4.78, 5) is 17.0. The van der Waals surface area contributed by atoms with Gasteiger partial charge < -0.3 is 14.2 Å². The number of nitrogens with zero attached hydrogens (tertiary/aromatic N) is 1. The Morgan fingerprint density at radius 1 is 0.935 bits per heavy atom. The molecular formula is C23H14ClN3O3S. The Balaban J connectivity index is 1.34. The first-order valence-corrected chi connectivity index (χ1v) is 10.1. The van der Waals surface area contributed by atoms with Crippen LogP contribution in [0.4, 0.5) is 5.69 Å². The normalized spacial score (nSPS) is 11.0. The monoisotopic (exact) mass is 447 g/mol. The molecular weight excluding hydrogens is 434 g/mol. The van der Waals surface area contributed by atoms with E-state index in [0.29, 0.717) is 27.8 Å². The molecule has 0 aliphatic rings. The van der Waals surface area contributed by atoms with Crippen molar-refractivity contribution in [2.45, 2.75) is 0 Å². The zero-order valence-electron chi connectivity index (χ0n) is 15.9. The maximum absolute atomic E-state index is 12.5. The summed E-state index contributed by atoms with van der Waals surface area (Å²) in [7, 11) is 0. The lowest BCUT2D eigenvalue weighted by atomic mass is 10.2. The van der Waals surface area contributed by atoms with E-state index in [1.807, 2.05) is 42.5 Å². The number of nitrogens with one attached hydrogen (secondary N) is 2. The molecule has 0 saturated heterocycles. The van der Waals surface area contributed by atoms with Crippen LogP contribution in [0.2, 0.25) is 5.02 Å². The number of thiocarbonyl (C=S) groups is 1. The lowest BCUT2D eigenvalue weighted by molar-refractivity contribution is 0.0953. The van der Waals surface area contributed by atoms with Gasteiger partial charge in [-0.15, -0.1) is 0 Å². The van der Waals surface area contributed by atoms with Gasteiger partial charge in [0, 0.05) is 10.9 Å². The standard InChI is InChI=1S/C23H14ClN3O3S/c24-15-10-9-14(22-25-16-6-2-4-8-19(16)30-22)11-17(15)26-23(31)27-21(28)20-12-13-5-1-3-7-18(13)29-20/h1-12H,(H2,26,27,28,31). The molecule has 0 fully saturated rings. The molecule has 2 N–H and O–H groups in total. The summed E-state index contributed by atoms with van der Waals surface area (Å²) in [6.45, 7) is 0. The second-order valence-electron chi connectivity index (χ2n) is 6.74. The lowest BCUT2D eigenvalue weighted by Gasteiger charge is -2.11. The summed E-state index contributed by atoms with van der Waals surface area (Å²) in [6.07, 6.45) is 0. The largest absolute Gasteiger partial charge is 0.451 e. The van der Waals surface area contributed by atoms with E-state index >= 15 is 0 Å². The van der Waals surface area contributed by atoms with Crippen LogP contribution in [0.5, 0.6) is 0 Å². The van der Waals surface area contributed by atoms with Crippen molar-refractivity contribution in [3.63, 3.8) is 0 Å². The number of benzene rings is 3. The van der Waals surface area contributed by atoms with Crippen LogP contribution in [-0.4, -0.2) is 16.0 Å². The topological polar surface area (TPSA) is 80.3 Å². The maximum Gasteiger partial charge on any atom is 0.293 e. The number of oxazole rings is 1. The molecule has 5 rings (SSSR count). The van der Waals surface area contributed by atoms with Gasteiger partial charge in [0.15, 0.2) is 16.5 Å². The summed E-state index contributed by atoms with van der Waals surface area (Å²) < 4.78 is 11.4. The highest BCUT2D eigenvalue weighted by Crippen LogP contribution is 2.30. The van der Waals surface area contributed by atoms with Gasteiger partial charge in [-0.1, -0.05) is 41.9 Å². The smallest absolute Gasteiger partial charge is 0.293 e. The van der Waals surface area contributed by atoms with Crippen LogP contribution in [0.25, 0.3) is 33.5 Å². The number of aromatic nitrogens is 1. The molecule has 6 nitrogen and oxygen atoms in total. The molecule has 2 aromatic heterocycles. The molecule has 0 spiro atoms. The first kappa shape index (κ1) is 19.3. The first-order valence-electron chi connectivity index (χ1n) is 9.33. The third-order valence-electron chi connectivity index (χ3n) is 4.63. The van der Waals surface area contributed by atoms with Gasteiger partial charge in [0.25, 0.3) is 5.91 Å². The van der Waals surface area contributed by atoms with Crippen molar-refractivity contribution in [2.75, 3.05) is 5.32 Å². The van der Waals surface area contributed by atoms with Gasteiger partial charge in [0.05, 0.1) is 10.7 Å². The van der Waals surface area contributed by atoms with Gasteiger partial charge in [0.1, 0.15) is 11.1 Å². The van der Waals surface area contributed by atoms with Crippen LogP contribution in [-0.2, 0) is 0 Å². The molecule has 2 heterocycles. The van der Waals surface area contributed by atoms with E-state index < -0.39 is 5.91 Å². The fourth-order valence-electron chi connectivity index (χ4n) is 3.16. The van der Waals surface area contributed by atoms with E-state index in [1.165, 1.54) is 0 Å². The molecule has 0 saturated carbocycles. The Bertz CT molecular complexity index is 1390. The van der Waals surface area contributed by atoms with Gasteiger partial charge >= 0.3 is 0 Å². The van der Waals surface area contributed by atoms with Crippen molar-refractivity contribution in [3.8, 4) is 11.5 Å². The number of anilines is 1. The molecule has 8 heteroatoms. The number of hydrogen-bond acceptors (Lipinski definition) is 5. The minimum atomic E-state index is -0.458. The van der Waals surface area contributed by atoms with E-state index in [9.17, 15) is 4.79 Å². The molecule has 3 aromatic carbocycles. The highest BCUT2D eigenvalue weighted by atomic mass is 35.5. The fraction of sp³-hybridized carbons (Fsp3) is 0. The van der Waals surface area contributed by atoms with Crippen LogP contribution in [0.15, 0.2) is 81.6 Å². The Kier molecular flexibility index (Phi) is 4.89. The number of amides is 1. The van der Waals surface area contributed by atoms with E-state index in [0.717, 1.165) is 16.5 Å². The summed E-state index contributed by atoms with van der Waals surface area (Å²) in [5.74, 6) is 0.162. The Hall–Kier alpha value is -3.68. The number of furan rings is 1. The van der Waals surface area contributed by atoms with E-state index in [4.69, 9.17) is 32.7 Å². The predicted molar refractivity (Wildman–Crippen MR) is 124 cm³/mol. The number of halogens is 1. The van der Waals surface area contributed by atoms with Crippen molar-refractivity contribution in [1.29, 1.82) is 0 Å². The number of fused-ring (bicyclic) bond motifs is 2. The van der Waals surface area contributed by atoms with Gasteiger partial charge in [-0.05, 0) is 54.7 Å². The molecule has 152 valence electrons. The second-order valence-corrected chi connectivity index (χ2v) is 7.55. The zero-order valence-corrected chi connectivity index (χ0v) is 17.5.